The number of aromatic nitrogens is 2. The molecule has 0 saturated carbocycles. The average Bonchev–Trinajstić information content (AvgIpc) is 3.00. The summed E-state index contributed by atoms with van der Waals surface area (Å²) in [7, 11) is 0. The van der Waals surface area contributed by atoms with E-state index in [0.29, 0.717) is 11.2 Å². The Balaban J connectivity index is 0.000000322. The van der Waals surface area contributed by atoms with E-state index in [4.69, 9.17) is 11.5 Å². The average molecular weight is 737 g/mol. The quantitative estimate of drug-likeness (QED) is 0.233. The summed E-state index contributed by atoms with van der Waals surface area (Å²) in [5.74, 6) is 0. The Bertz CT molecular complexity index is 545. The van der Waals surface area contributed by atoms with Gasteiger partial charge in [0.15, 0.2) is 0 Å². The van der Waals surface area contributed by atoms with Gasteiger partial charge in [0, 0.05) is 12.4 Å². The summed E-state index contributed by atoms with van der Waals surface area (Å²) in [4.78, 5) is 25.5. The van der Waals surface area contributed by atoms with Gasteiger partial charge in [-0.3, -0.25) is 20.2 Å². The standard InChI is InChI=1S/2C3H2N3O2S.2HI.Pt/c2*4-3-5-1-2(9-3)6(7)8;;;/h2*1H,(H-,4,5);2*1H;/q2*-1;;;+4/p-2. The van der Waals surface area contributed by atoms with Crippen LogP contribution in [0.25, 0.3) is 11.5 Å². The number of nitrogens with one attached hydrogen (secondary N) is 2. The van der Waals surface area contributed by atoms with Crippen LogP contribution in [0.3, 0.4) is 0 Å². The zero-order chi connectivity index (χ0) is 16.4. The van der Waals surface area contributed by atoms with Crippen LogP contribution in [0.4, 0.5) is 20.3 Å². The zero-order valence-corrected chi connectivity index (χ0v) is 17.7. The fraction of sp³-hybridized carbons (Fsp3) is 0. The summed E-state index contributed by atoms with van der Waals surface area (Å²) in [5, 5.41) is 19.6. The maximum Gasteiger partial charge on any atom is 0.319 e. The second kappa shape index (κ2) is 11.4. The second-order valence-corrected chi connectivity index (χ2v) is 21.2. The Morgan fingerprint density at radius 3 is 1.38 bits per heavy atom. The second-order valence-electron chi connectivity index (χ2n) is 2.57. The number of nitro groups is 2. The van der Waals surface area contributed by atoms with Gasteiger partial charge in [0.05, 0.1) is 9.85 Å². The molecular weight excluding hydrogens is 733 g/mol. The van der Waals surface area contributed by atoms with Crippen molar-refractivity contribution in [3.8, 4) is 0 Å². The molecule has 2 N–H and O–H groups in total. The van der Waals surface area contributed by atoms with E-state index in [1.165, 1.54) is 0 Å². The molecule has 2 aromatic rings. The van der Waals surface area contributed by atoms with Crippen molar-refractivity contribution >= 4 is 81.6 Å². The first-order chi connectivity index (χ1) is 9.81. The van der Waals surface area contributed by atoms with E-state index in [0.717, 1.165) is 35.1 Å². The Hall–Kier alpha value is -0.192. The molecule has 0 aromatic carbocycles. The Labute approximate surface area is 155 Å². The van der Waals surface area contributed by atoms with Crippen LogP contribution in [-0.2, 0) is 11.2 Å². The van der Waals surface area contributed by atoms with E-state index in [2.05, 4.69) is 48.7 Å². The predicted molar refractivity (Wildman–Crippen MR) is 93.5 cm³/mol. The van der Waals surface area contributed by atoms with Crippen molar-refractivity contribution in [2.75, 3.05) is 0 Å². The molecule has 2 heterocycles. The molecule has 10 nitrogen and oxygen atoms in total. The van der Waals surface area contributed by atoms with Gasteiger partial charge in [0.2, 0.25) is 0 Å². The molecule has 21 heavy (non-hydrogen) atoms. The van der Waals surface area contributed by atoms with Crippen LogP contribution in [0.5, 0.6) is 0 Å². The van der Waals surface area contributed by atoms with Crippen LogP contribution in [-0.4, -0.2) is 19.8 Å². The third-order valence-corrected chi connectivity index (χ3v) is 2.87. The van der Waals surface area contributed by atoms with E-state index in [9.17, 15) is 20.2 Å². The minimum atomic E-state index is -0.560. The van der Waals surface area contributed by atoms with Gasteiger partial charge in [-0.1, -0.05) is 22.7 Å². The number of hydrogen-bond donors (Lipinski definition) is 0. The van der Waals surface area contributed by atoms with Crippen LogP contribution < -0.4 is 0 Å². The van der Waals surface area contributed by atoms with Crippen molar-refractivity contribution in [3.05, 3.63) is 44.1 Å². The topological polar surface area (TPSA) is 160 Å². The molecular formula is C6H4I2N6O4PtS2. The summed E-state index contributed by atoms with van der Waals surface area (Å²) < 4.78 is 0. The molecule has 0 atom stereocenters. The molecule has 0 radical (unpaired) electrons. The summed E-state index contributed by atoms with van der Waals surface area (Å²) >= 11 is 6.80. The van der Waals surface area contributed by atoms with E-state index in [-0.39, 0.29) is 20.3 Å². The van der Waals surface area contributed by atoms with Gasteiger partial charge < -0.3 is 21.4 Å². The summed E-state index contributed by atoms with van der Waals surface area (Å²) in [6.07, 6.45) is 2.15. The largest absolute Gasteiger partial charge is 0.473 e. The Morgan fingerprint density at radius 1 is 1.00 bits per heavy atom. The predicted octanol–water partition coefficient (Wildman–Crippen LogP) is 5.24. The maximum absolute atomic E-state index is 9.91. The smallest absolute Gasteiger partial charge is 0.319 e. The Morgan fingerprint density at radius 2 is 1.29 bits per heavy atom. The molecule has 0 aliphatic heterocycles. The van der Waals surface area contributed by atoms with Gasteiger partial charge >= 0.3 is 59.9 Å². The molecule has 0 amide bonds. The molecule has 0 bridgehead atoms. The van der Waals surface area contributed by atoms with Crippen LogP contribution in [0.15, 0.2) is 12.4 Å². The van der Waals surface area contributed by atoms with Crippen LogP contribution in [0, 0.1) is 20.2 Å². The monoisotopic (exact) mass is 737 g/mol. The van der Waals surface area contributed by atoms with Crippen molar-refractivity contribution < 1.29 is 21.0 Å². The van der Waals surface area contributed by atoms with Gasteiger partial charge in [-0.25, -0.2) is 0 Å². The van der Waals surface area contributed by atoms with E-state index >= 15 is 0 Å². The number of halogens is 2. The molecule has 2 rings (SSSR count). The van der Waals surface area contributed by atoms with Crippen LogP contribution in [0.1, 0.15) is 0 Å². The van der Waals surface area contributed by atoms with Gasteiger partial charge in [-0.2, -0.15) is 0 Å². The van der Waals surface area contributed by atoms with E-state index in [1.54, 1.807) is 0 Å². The van der Waals surface area contributed by atoms with Gasteiger partial charge in [-0.05, 0) is 10.3 Å². The fourth-order valence-electron chi connectivity index (χ4n) is 0.700. The zero-order valence-electron chi connectivity index (χ0n) is 9.47. The van der Waals surface area contributed by atoms with Crippen LogP contribution in [0.2, 0.25) is 0 Å². The van der Waals surface area contributed by atoms with Crippen molar-refractivity contribution in [1.29, 1.82) is 0 Å². The molecule has 0 unspecified atom stereocenters. The SMILES string of the molecule is [I][Pt+2][I].[NH-]c1ncc([N+](=O)[O-])s1.[NH-]c1ncc([N+](=O)[O-])s1. The van der Waals surface area contributed by atoms with Gasteiger partial charge in [0.1, 0.15) is 0 Å². The first-order valence-electron chi connectivity index (χ1n) is 4.27. The normalized spacial score (nSPS) is 9.05. The number of thiazole rings is 2. The van der Waals surface area contributed by atoms with Crippen LogP contribution >= 0.6 is 61.4 Å². The number of rotatable bonds is 2. The fourth-order valence-corrected chi connectivity index (χ4v) is 1.67. The minimum absolute atomic E-state index is 0.0262. The maximum atomic E-state index is 9.91. The molecule has 118 valence electrons. The molecule has 0 fully saturated rings. The molecule has 2 aromatic heterocycles. The molecule has 0 aliphatic carbocycles. The van der Waals surface area contributed by atoms with Gasteiger partial charge in [0.25, 0.3) is 0 Å². The van der Waals surface area contributed by atoms with Crippen molar-refractivity contribution in [2.45, 2.75) is 0 Å². The van der Waals surface area contributed by atoms with E-state index in [1.807, 2.05) is 0 Å². The Kier molecular flexibility index (Phi) is 11.3. The molecule has 0 spiro atoms. The van der Waals surface area contributed by atoms with Crippen molar-refractivity contribution in [3.63, 3.8) is 0 Å². The molecule has 0 saturated heterocycles. The van der Waals surface area contributed by atoms with Crippen molar-refractivity contribution in [1.82, 2.24) is 9.97 Å². The molecule has 0 aliphatic rings. The number of hydrogen-bond acceptors (Lipinski definition) is 8. The third-order valence-electron chi connectivity index (χ3n) is 1.35. The van der Waals surface area contributed by atoms with E-state index < -0.39 is 9.85 Å². The third kappa shape index (κ3) is 9.43. The van der Waals surface area contributed by atoms with Gasteiger partial charge in [-0.15, -0.1) is 0 Å². The first-order valence-corrected chi connectivity index (χ1v) is 18.8. The summed E-state index contributed by atoms with van der Waals surface area (Å²) in [5.41, 5.74) is 13.6. The number of nitrogens with zero attached hydrogens (tertiary/aromatic N) is 4. The first kappa shape index (κ1) is 20.8. The molecule has 15 heteroatoms. The van der Waals surface area contributed by atoms with Crippen molar-refractivity contribution in [2.24, 2.45) is 0 Å². The summed E-state index contributed by atoms with van der Waals surface area (Å²) in [6.45, 7) is 0. The minimum Gasteiger partial charge on any atom is -0.473 e. The summed E-state index contributed by atoms with van der Waals surface area (Å²) in [6, 6.07) is 0.